The van der Waals surface area contributed by atoms with Crippen LogP contribution in [0.1, 0.15) is 55.9 Å². The van der Waals surface area contributed by atoms with Crippen LogP contribution in [0.5, 0.6) is 0 Å². The third-order valence-electron chi connectivity index (χ3n) is 22.1. The van der Waals surface area contributed by atoms with Crippen LogP contribution in [0.4, 0.5) is 0 Å². The standard InChI is InChI=1S/C35H35P2.C6H15N.C5H5.Fe/c1-25-19-26(2)22-32(21-25)36(33-23-27(3)20-28(4)24-33)29(5)34-17-12-18-35(34)37(30-13-8-6-9-14-30)31-15-10-7-11-16-31;1-3-5-7-6-4-2;1-2-4-5-3-1;/h6-24,29H,1-5H3;7H,3-6H2,1-2H3;1-5H;. The average Bonchev–Trinajstić information content (AvgIpc) is 4.04. The second kappa shape index (κ2) is 5.68. The van der Waals surface area contributed by atoms with Crippen LogP contribution in [0.25, 0.3) is 0 Å². The van der Waals surface area contributed by atoms with Crippen molar-refractivity contribution in [1.29, 1.82) is 0 Å². The Balaban J connectivity index is 0.000000360. The molecule has 4 heteroatoms. The first-order chi connectivity index (χ1) is 24.0. The predicted molar refractivity (Wildman–Crippen MR) is 215 cm³/mol. The number of hydrogen-bond acceptors (Lipinski definition) is 1. The van der Waals surface area contributed by atoms with Gasteiger partial charge in [-0.25, -0.2) is 0 Å². The molecule has 4 aromatic rings. The molecule has 262 valence electrons. The van der Waals surface area contributed by atoms with Crippen molar-refractivity contribution in [2.75, 3.05) is 13.1 Å². The van der Waals surface area contributed by atoms with E-state index in [-0.39, 0.29) is 7.92 Å². The zero-order valence-corrected chi connectivity index (χ0v) is 33.9. The van der Waals surface area contributed by atoms with E-state index in [0.717, 1.165) is 14.0 Å². The molecule has 10 aliphatic rings. The van der Waals surface area contributed by atoms with Gasteiger partial charge in [-0.05, 0) is 25.9 Å². The van der Waals surface area contributed by atoms with Crippen molar-refractivity contribution in [1.82, 2.24) is 5.32 Å². The number of nitrogens with one attached hydrogen (secondary N) is 1. The van der Waals surface area contributed by atoms with E-state index in [0.29, 0.717) is 0 Å². The molecule has 1 N–H and O–H groups in total. The average molecular weight is 740 g/mol. The first kappa shape index (κ1) is 29.6. The summed E-state index contributed by atoms with van der Waals surface area (Å²) in [5, 5.41) is 10.1. The maximum atomic E-state index is 3.28. The number of fused-ring (bicyclic) bond motifs is 10. The van der Waals surface area contributed by atoms with Crippen molar-refractivity contribution in [3.63, 3.8) is 0 Å². The summed E-state index contributed by atoms with van der Waals surface area (Å²) in [5.74, 6) is 0. The monoisotopic (exact) mass is 739 g/mol. The van der Waals surface area contributed by atoms with E-state index in [9.17, 15) is 0 Å². The summed E-state index contributed by atoms with van der Waals surface area (Å²) in [4.78, 5) is 10.2. The summed E-state index contributed by atoms with van der Waals surface area (Å²) in [6, 6.07) is 39.5. The van der Waals surface area contributed by atoms with Gasteiger partial charge in [0, 0.05) is 0 Å². The summed E-state index contributed by atoms with van der Waals surface area (Å²) < 4.78 is 1.48. The Bertz CT molecular complexity index is 2360. The van der Waals surface area contributed by atoms with Crippen molar-refractivity contribution >= 4 is 37.1 Å². The minimum atomic E-state index is -3.87. The molecule has 10 fully saturated rings. The molecule has 10 saturated heterocycles. The molecule has 10 heterocycles. The molecule has 0 radical (unpaired) electrons. The van der Waals surface area contributed by atoms with E-state index in [1.165, 1.54) is 86.7 Å². The van der Waals surface area contributed by atoms with Crippen LogP contribution in [0, 0.1) is 27.7 Å². The van der Waals surface area contributed by atoms with Crippen LogP contribution < -0.4 is 26.5 Å². The molecule has 50 heavy (non-hydrogen) atoms. The first-order valence-corrected chi connectivity index (χ1v) is 28.8. The van der Waals surface area contributed by atoms with Gasteiger partial charge >= 0.3 is 250 Å². The summed E-state index contributed by atoms with van der Waals surface area (Å²) in [6.07, 6.45) is 2.50. The van der Waals surface area contributed by atoms with E-state index >= 15 is 0 Å². The normalized spacial score (nSPS) is 50.2. The molecule has 1 nitrogen and oxygen atoms in total. The second-order valence-corrected chi connectivity index (χ2v) is 48.9. The van der Waals surface area contributed by atoms with Gasteiger partial charge in [-0.2, -0.15) is 0 Å². The summed E-state index contributed by atoms with van der Waals surface area (Å²) >= 11 is 0. The van der Waals surface area contributed by atoms with E-state index in [2.05, 4.69) is 151 Å². The van der Waals surface area contributed by atoms with Gasteiger partial charge in [-0.1, -0.05) is 13.8 Å². The van der Waals surface area contributed by atoms with Gasteiger partial charge < -0.3 is 5.32 Å². The van der Waals surface area contributed by atoms with Gasteiger partial charge in [0.1, 0.15) is 0 Å². The van der Waals surface area contributed by atoms with Crippen LogP contribution in [0.3, 0.4) is 0 Å². The topological polar surface area (TPSA) is 12.0 Å². The fourth-order valence-corrected chi connectivity index (χ4v) is 121. The SMILES string of the molecule is CCCNCCC.Cc1cc(C)cc(P(c2cc(C)cc(C)c2)C(C)[C@]23[CH]4[CH]5[CH]6[C]2(P(c2ccccc2)c2ccccc2)[Fe]56432789[CH]3[CH]2[CH]7[CH]8[CH]39)c1. The fourth-order valence-electron chi connectivity index (χ4n) is 23.6. The quantitative estimate of drug-likeness (QED) is 0.0918. The predicted octanol–water partition coefficient (Wildman–Crippen LogP) is 10.9. The molecule has 4 aromatic carbocycles. The molecule has 10 aliphatic heterocycles. The molecule has 0 aliphatic carbocycles. The Morgan fingerprint density at radius 1 is 0.580 bits per heavy atom. The molecule has 0 amide bonds. The van der Waals surface area contributed by atoms with Crippen molar-refractivity contribution in [2.24, 2.45) is 0 Å². The van der Waals surface area contributed by atoms with Crippen LogP contribution in [0.15, 0.2) is 97.1 Å². The van der Waals surface area contributed by atoms with Gasteiger partial charge in [-0.3, -0.25) is 0 Å². The molecule has 0 bridgehead atoms. The zero-order chi connectivity index (χ0) is 34.1. The van der Waals surface area contributed by atoms with Gasteiger partial charge in [0.25, 0.3) is 0 Å². The van der Waals surface area contributed by atoms with E-state index in [1.807, 2.05) is 0 Å². The van der Waals surface area contributed by atoms with Crippen molar-refractivity contribution < 1.29 is 6.51 Å². The van der Waals surface area contributed by atoms with Gasteiger partial charge in [0.05, 0.1) is 0 Å². The Morgan fingerprint density at radius 2 is 1.00 bits per heavy atom. The van der Waals surface area contributed by atoms with Crippen LogP contribution in [0.2, 0.25) is 42.8 Å². The van der Waals surface area contributed by atoms with E-state index in [4.69, 9.17) is 0 Å². The summed E-state index contributed by atoms with van der Waals surface area (Å²) in [5.41, 5.74) is 6.63. The fraction of sp³-hybridized carbons (Fsp3) is 0.478. The van der Waals surface area contributed by atoms with Crippen molar-refractivity contribution in [2.45, 2.75) is 114 Å². The minimum absolute atomic E-state index is 0.326. The van der Waals surface area contributed by atoms with E-state index < -0.39 is 14.4 Å². The van der Waals surface area contributed by atoms with Gasteiger partial charge in [0.15, 0.2) is 0 Å². The molecule has 0 saturated carbocycles. The Labute approximate surface area is 293 Å². The molecule has 5 unspecified atom stereocenters. The Hall–Kier alpha value is -1.78. The molecule has 0 aromatic heterocycles. The Kier molecular flexibility index (Phi) is 3.37. The van der Waals surface area contributed by atoms with Crippen LogP contribution in [-0.4, -0.2) is 22.8 Å². The second-order valence-electron chi connectivity index (χ2n) is 20.3. The molecular weight excluding hydrogens is 684 g/mol. The molecular formula is C46H55FeNP2. The van der Waals surface area contributed by atoms with Crippen LogP contribution >= 0.6 is 15.8 Å². The number of aryl methyl sites for hydroxylation is 4. The van der Waals surface area contributed by atoms with Crippen molar-refractivity contribution in [3.8, 4) is 0 Å². The molecule has 14 rings (SSSR count). The zero-order valence-electron chi connectivity index (χ0n) is 31.0. The maximum absolute atomic E-state index is 3.87. The number of hydrogen-bond donors (Lipinski definition) is 1. The molecule has 6 atom stereocenters. The Morgan fingerprint density at radius 3 is 1.36 bits per heavy atom. The molecule has 1 spiro atoms. The summed E-state index contributed by atoms with van der Waals surface area (Å²) in [6.45, 7) is 15.1. The third kappa shape index (κ3) is 1.04. The van der Waals surface area contributed by atoms with Crippen LogP contribution in [-0.2, 0) is 6.51 Å². The third-order valence-corrected chi connectivity index (χ3v) is 75.3. The van der Waals surface area contributed by atoms with Gasteiger partial charge in [0.2, 0.25) is 0 Å². The summed E-state index contributed by atoms with van der Waals surface area (Å²) in [7, 11) is -0.758. The first-order valence-electron chi connectivity index (χ1n) is 19.8. The van der Waals surface area contributed by atoms with Gasteiger partial charge in [-0.15, -0.1) is 0 Å². The number of rotatable bonds is 11. The number of benzene rings is 4. The van der Waals surface area contributed by atoms with E-state index in [1.54, 1.807) is 21.2 Å². The van der Waals surface area contributed by atoms with Crippen molar-refractivity contribution in [3.05, 3.63) is 119 Å².